The van der Waals surface area contributed by atoms with Gasteiger partial charge in [-0.15, -0.1) is 0 Å². The Labute approximate surface area is 177 Å². The van der Waals surface area contributed by atoms with E-state index in [0.29, 0.717) is 0 Å². The summed E-state index contributed by atoms with van der Waals surface area (Å²) < 4.78 is 19.5. The van der Waals surface area contributed by atoms with Gasteiger partial charge in [-0.2, -0.15) is 0 Å². The molecule has 4 nitrogen and oxygen atoms in total. The van der Waals surface area contributed by atoms with E-state index in [9.17, 15) is 9.18 Å². The first kappa shape index (κ1) is 19.6. The smallest absolute Gasteiger partial charge is 0.319 e. The minimum atomic E-state index is -0.335. The molecule has 0 aliphatic carbocycles. The molecule has 0 amide bonds. The summed E-state index contributed by atoms with van der Waals surface area (Å²) in [5, 5.41) is 3.51. The highest BCUT2D eigenvalue weighted by Gasteiger charge is 2.37. The van der Waals surface area contributed by atoms with Crippen LogP contribution in [0.1, 0.15) is 28.9 Å². The summed E-state index contributed by atoms with van der Waals surface area (Å²) in [5.41, 5.74) is 3.94. The van der Waals surface area contributed by atoms with Crippen LogP contribution in [0.5, 0.6) is 0 Å². The van der Waals surface area contributed by atoms with Crippen LogP contribution in [-0.2, 0) is 9.53 Å². The Morgan fingerprint density at radius 3 is 2.48 bits per heavy atom. The molecule has 148 valence electrons. The van der Waals surface area contributed by atoms with Gasteiger partial charge < -0.3 is 10.1 Å². The fourth-order valence-corrected chi connectivity index (χ4v) is 4.15. The van der Waals surface area contributed by atoms with Gasteiger partial charge >= 0.3 is 5.97 Å². The average molecular weight is 455 g/mol. The zero-order chi connectivity index (χ0) is 20.4. The van der Waals surface area contributed by atoms with Crippen LogP contribution in [-0.4, -0.2) is 24.5 Å². The Bertz CT molecular complexity index is 1010. The number of esters is 1. The van der Waals surface area contributed by atoms with Gasteiger partial charge in [0, 0.05) is 10.2 Å². The first-order chi connectivity index (χ1) is 14.1. The van der Waals surface area contributed by atoms with Crippen molar-refractivity contribution in [1.82, 2.24) is 4.90 Å². The molecule has 29 heavy (non-hydrogen) atoms. The second-order valence-electron chi connectivity index (χ2n) is 6.89. The van der Waals surface area contributed by atoms with E-state index in [4.69, 9.17) is 4.74 Å². The number of fused-ring (bicyclic) bond motifs is 1. The van der Waals surface area contributed by atoms with Crippen LogP contribution < -0.4 is 5.32 Å². The number of anilines is 1. The molecular weight excluding hydrogens is 435 g/mol. The Morgan fingerprint density at radius 1 is 1.07 bits per heavy atom. The van der Waals surface area contributed by atoms with Crippen LogP contribution in [0.2, 0.25) is 0 Å². The highest BCUT2D eigenvalue weighted by atomic mass is 79.9. The number of hydrogen-bond acceptors (Lipinski definition) is 4. The molecule has 3 aromatic rings. The van der Waals surface area contributed by atoms with Crippen LogP contribution in [0.4, 0.5) is 10.1 Å². The molecule has 0 radical (unpaired) electrons. The lowest BCUT2D eigenvalue weighted by atomic mass is 9.91. The first-order valence-corrected chi connectivity index (χ1v) is 10.0. The predicted molar refractivity (Wildman–Crippen MR) is 114 cm³/mol. The summed E-state index contributed by atoms with van der Waals surface area (Å²) >= 11 is 3.56. The molecule has 0 fully saturated rings. The standard InChI is InChI=1S/C23H20BrFN2O2/c1-29-21(28)14-27-22(15-5-3-2-4-6-15)19-13-17(24)9-12-20(19)26-23(27)16-7-10-18(25)11-8-16/h2-13,22-23,26H,14H2,1H3. The van der Waals surface area contributed by atoms with Crippen molar-refractivity contribution in [3.05, 3.63) is 99.8 Å². The molecule has 0 saturated heterocycles. The minimum Gasteiger partial charge on any atom is -0.468 e. The Balaban J connectivity index is 1.88. The molecule has 2 atom stereocenters. The van der Waals surface area contributed by atoms with Crippen LogP contribution in [0.3, 0.4) is 0 Å². The van der Waals surface area contributed by atoms with Gasteiger partial charge in [-0.05, 0) is 47.0 Å². The summed E-state index contributed by atoms with van der Waals surface area (Å²) in [5.74, 6) is -0.633. The van der Waals surface area contributed by atoms with Crippen molar-refractivity contribution < 1.29 is 13.9 Å². The largest absolute Gasteiger partial charge is 0.468 e. The Hall–Kier alpha value is -2.70. The normalized spacial score (nSPS) is 18.6. The van der Waals surface area contributed by atoms with E-state index >= 15 is 0 Å². The third kappa shape index (κ3) is 4.04. The van der Waals surface area contributed by atoms with Crippen molar-refractivity contribution in [2.45, 2.75) is 12.2 Å². The molecule has 0 aromatic heterocycles. The fraction of sp³-hybridized carbons (Fsp3) is 0.174. The molecule has 1 heterocycles. The van der Waals surface area contributed by atoms with E-state index in [1.165, 1.54) is 19.2 Å². The summed E-state index contributed by atoms with van der Waals surface area (Å²) in [6.07, 6.45) is -0.325. The zero-order valence-electron chi connectivity index (χ0n) is 15.8. The van der Waals surface area contributed by atoms with Crippen molar-refractivity contribution in [1.29, 1.82) is 0 Å². The van der Waals surface area contributed by atoms with E-state index in [-0.39, 0.29) is 30.5 Å². The monoisotopic (exact) mass is 454 g/mol. The topological polar surface area (TPSA) is 41.6 Å². The Kier molecular flexibility index (Phi) is 5.65. The second-order valence-corrected chi connectivity index (χ2v) is 7.81. The van der Waals surface area contributed by atoms with Gasteiger partial charge in [-0.3, -0.25) is 9.69 Å². The highest BCUT2D eigenvalue weighted by molar-refractivity contribution is 9.10. The van der Waals surface area contributed by atoms with Gasteiger partial charge in [0.1, 0.15) is 12.0 Å². The molecule has 6 heteroatoms. The van der Waals surface area contributed by atoms with Gasteiger partial charge in [0.15, 0.2) is 0 Å². The van der Waals surface area contributed by atoms with E-state index in [1.54, 1.807) is 12.1 Å². The molecule has 0 bridgehead atoms. The number of nitrogens with one attached hydrogen (secondary N) is 1. The molecule has 0 spiro atoms. The van der Waals surface area contributed by atoms with Gasteiger partial charge in [-0.1, -0.05) is 58.4 Å². The quantitative estimate of drug-likeness (QED) is 0.544. The maximum Gasteiger partial charge on any atom is 0.319 e. The molecule has 1 N–H and O–H groups in total. The third-order valence-corrected chi connectivity index (χ3v) is 5.60. The number of carbonyl (C=O) groups is 1. The molecule has 1 aliphatic rings. The SMILES string of the molecule is COC(=O)CN1C(c2ccc(F)cc2)Nc2ccc(Br)cc2C1c1ccccc1. The zero-order valence-corrected chi connectivity index (χ0v) is 17.4. The van der Waals surface area contributed by atoms with Crippen molar-refractivity contribution >= 4 is 27.6 Å². The van der Waals surface area contributed by atoms with E-state index in [1.807, 2.05) is 47.4 Å². The molecule has 3 aromatic carbocycles. The number of hydrogen-bond donors (Lipinski definition) is 1. The van der Waals surface area contributed by atoms with Crippen molar-refractivity contribution in [2.75, 3.05) is 19.0 Å². The molecular formula is C23H20BrFN2O2. The maximum absolute atomic E-state index is 13.5. The number of halogens is 2. The summed E-state index contributed by atoms with van der Waals surface area (Å²) in [6, 6.07) is 22.2. The van der Waals surface area contributed by atoms with Crippen LogP contribution in [0.25, 0.3) is 0 Å². The van der Waals surface area contributed by atoms with Crippen molar-refractivity contribution in [2.24, 2.45) is 0 Å². The number of methoxy groups -OCH3 is 1. The van der Waals surface area contributed by atoms with Crippen molar-refractivity contribution in [3.63, 3.8) is 0 Å². The van der Waals surface area contributed by atoms with Gasteiger partial charge in [0.05, 0.1) is 19.7 Å². The van der Waals surface area contributed by atoms with Gasteiger partial charge in [0.2, 0.25) is 0 Å². The van der Waals surface area contributed by atoms with Crippen molar-refractivity contribution in [3.8, 4) is 0 Å². The van der Waals surface area contributed by atoms with Crippen LogP contribution in [0, 0.1) is 5.82 Å². The van der Waals surface area contributed by atoms with E-state index < -0.39 is 0 Å². The lowest BCUT2D eigenvalue weighted by Gasteiger charge is -2.44. The molecule has 2 unspecified atom stereocenters. The first-order valence-electron chi connectivity index (χ1n) is 9.26. The lowest BCUT2D eigenvalue weighted by Crippen LogP contribution is -2.44. The number of carbonyl (C=O) groups excluding carboxylic acids is 1. The van der Waals surface area contributed by atoms with Crippen LogP contribution >= 0.6 is 15.9 Å². The third-order valence-electron chi connectivity index (χ3n) is 5.10. The molecule has 1 aliphatic heterocycles. The predicted octanol–water partition coefficient (Wildman–Crippen LogP) is 5.28. The maximum atomic E-state index is 13.5. The number of ether oxygens (including phenoxy) is 1. The highest BCUT2D eigenvalue weighted by Crippen LogP contribution is 2.44. The fourth-order valence-electron chi connectivity index (χ4n) is 3.77. The number of benzene rings is 3. The number of nitrogens with zero attached hydrogens (tertiary/aromatic N) is 1. The van der Waals surface area contributed by atoms with E-state index in [0.717, 1.165) is 26.9 Å². The van der Waals surface area contributed by atoms with E-state index in [2.05, 4.69) is 27.3 Å². The summed E-state index contributed by atoms with van der Waals surface area (Å²) in [6.45, 7) is 0.0804. The molecule has 0 saturated carbocycles. The van der Waals surface area contributed by atoms with Gasteiger partial charge in [-0.25, -0.2) is 4.39 Å². The average Bonchev–Trinajstić information content (AvgIpc) is 2.74. The summed E-state index contributed by atoms with van der Waals surface area (Å²) in [4.78, 5) is 14.4. The molecule has 4 rings (SSSR count). The van der Waals surface area contributed by atoms with Crippen LogP contribution in [0.15, 0.2) is 77.3 Å². The minimum absolute atomic E-state index is 0.0804. The van der Waals surface area contributed by atoms with Gasteiger partial charge in [0.25, 0.3) is 0 Å². The number of rotatable bonds is 4. The lowest BCUT2D eigenvalue weighted by molar-refractivity contribution is -0.143. The second kappa shape index (κ2) is 8.35. The Morgan fingerprint density at radius 2 is 1.79 bits per heavy atom. The summed E-state index contributed by atoms with van der Waals surface area (Å²) in [7, 11) is 1.38.